The Morgan fingerprint density at radius 3 is 2.70 bits per heavy atom. The van der Waals surface area contributed by atoms with E-state index in [9.17, 15) is 4.79 Å². The fraction of sp³-hybridized carbons (Fsp3) is 0.273. The van der Waals surface area contributed by atoms with Gasteiger partial charge in [-0.15, -0.1) is 0 Å². The van der Waals surface area contributed by atoms with Crippen LogP contribution in [0.15, 0.2) is 60.8 Å². The number of hydrogen-bond donors (Lipinski definition) is 1. The SMILES string of the molecule is O=C(Cc1ccc2ccccc2c1)NCc1cccnc1N1CCOCC1. The lowest BCUT2D eigenvalue weighted by atomic mass is 10.0. The Labute approximate surface area is 159 Å². The summed E-state index contributed by atoms with van der Waals surface area (Å²) in [4.78, 5) is 19.2. The van der Waals surface area contributed by atoms with Crippen LogP contribution in [0.4, 0.5) is 5.82 Å². The van der Waals surface area contributed by atoms with Gasteiger partial charge >= 0.3 is 0 Å². The molecule has 0 bridgehead atoms. The summed E-state index contributed by atoms with van der Waals surface area (Å²) in [6.45, 7) is 3.56. The highest BCUT2D eigenvalue weighted by molar-refractivity contribution is 5.85. The summed E-state index contributed by atoms with van der Waals surface area (Å²) < 4.78 is 5.42. The highest BCUT2D eigenvalue weighted by atomic mass is 16.5. The van der Waals surface area contributed by atoms with Crippen LogP contribution in [0.3, 0.4) is 0 Å². The zero-order valence-electron chi connectivity index (χ0n) is 15.2. The summed E-state index contributed by atoms with van der Waals surface area (Å²) in [5.41, 5.74) is 2.05. The van der Waals surface area contributed by atoms with E-state index in [1.807, 2.05) is 30.3 Å². The zero-order valence-corrected chi connectivity index (χ0v) is 15.2. The van der Waals surface area contributed by atoms with Crippen LogP contribution in [0.5, 0.6) is 0 Å². The predicted octanol–water partition coefficient (Wildman–Crippen LogP) is 2.93. The van der Waals surface area contributed by atoms with Gasteiger partial charge in [-0.1, -0.05) is 48.5 Å². The smallest absolute Gasteiger partial charge is 0.224 e. The van der Waals surface area contributed by atoms with Crippen LogP contribution in [-0.4, -0.2) is 37.2 Å². The van der Waals surface area contributed by atoms with Crippen LogP contribution in [-0.2, 0) is 22.5 Å². The second-order valence-corrected chi connectivity index (χ2v) is 6.72. The molecular formula is C22H23N3O2. The van der Waals surface area contributed by atoms with Crippen LogP contribution in [0.25, 0.3) is 10.8 Å². The topological polar surface area (TPSA) is 54.5 Å². The van der Waals surface area contributed by atoms with Crippen molar-refractivity contribution in [3.05, 3.63) is 71.9 Å². The third-order valence-electron chi connectivity index (χ3n) is 4.83. The Morgan fingerprint density at radius 2 is 1.85 bits per heavy atom. The van der Waals surface area contributed by atoms with Gasteiger partial charge in [0.1, 0.15) is 5.82 Å². The number of benzene rings is 2. The lowest BCUT2D eigenvalue weighted by Crippen LogP contribution is -2.38. The molecule has 1 N–H and O–H groups in total. The molecule has 0 unspecified atom stereocenters. The third-order valence-corrected chi connectivity index (χ3v) is 4.83. The highest BCUT2D eigenvalue weighted by Crippen LogP contribution is 2.19. The molecule has 1 aliphatic rings. The molecular weight excluding hydrogens is 338 g/mol. The number of nitrogens with zero attached hydrogens (tertiary/aromatic N) is 2. The first-order chi connectivity index (χ1) is 13.3. The van der Waals surface area contributed by atoms with Crippen LogP contribution in [0.1, 0.15) is 11.1 Å². The predicted molar refractivity (Wildman–Crippen MR) is 107 cm³/mol. The maximum atomic E-state index is 12.4. The Morgan fingerprint density at radius 1 is 1.04 bits per heavy atom. The minimum Gasteiger partial charge on any atom is -0.378 e. The van der Waals surface area contributed by atoms with Gasteiger partial charge in [0.2, 0.25) is 5.91 Å². The number of morpholine rings is 1. The number of amides is 1. The Balaban J connectivity index is 1.40. The van der Waals surface area contributed by atoms with Crippen LogP contribution >= 0.6 is 0 Å². The maximum absolute atomic E-state index is 12.4. The van der Waals surface area contributed by atoms with Crippen molar-refractivity contribution in [3.8, 4) is 0 Å². The maximum Gasteiger partial charge on any atom is 0.224 e. The Bertz CT molecular complexity index is 935. The van der Waals surface area contributed by atoms with Gasteiger partial charge in [-0.3, -0.25) is 4.79 Å². The van der Waals surface area contributed by atoms with E-state index in [4.69, 9.17) is 4.74 Å². The zero-order chi connectivity index (χ0) is 18.5. The van der Waals surface area contributed by atoms with Crippen molar-refractivity contribution >= 4 is 22.5 Å². The average molecular weight is 361 g/mol. The van der Waals surface area contributed by atoms with Crippen molar-refractivity contribution in [1.82, 2.24) is 10.3 Å². The number of aromatic nitrogens is 1. The largest absolute Gasteiger partial charge is 0.378 e. The summed E-state index contributed by atoms with van der Waals surface area (Å²) >= 11 is 0. The number of carbonyl (C=O) groups excluding carboxylic acids is 1. The molecule has 0 spiro atoms. The molecule has 0 aliphatic carbocycles. The van der Waals surface area contributed by atoms with E-state index in [0.717, 1.165) is 35.4 Å². The molecule has 4 rings (SSSR count). The second-order valence-electron chi connectivity index (χ2n) is 6.72. The minimum absolute atomic E-state index is 0.0158. The molecule has 2 heterocycles. The molecule has 0 radical (unpaired) electrons. The molecule has 5 nitrogen and oxygen atoms in total. The van der Waals surface area contributed by atoms with Crippen molar-refractivity contribution in [1.29, 1.82) is 0 Å². The first-order valence-electron chi connectivity index (χ1n) is 9.30. The third kappa shape index (κ3) is 4.26. The minimum atomic E-state index is 0.0158. The molecule has 1 aliphatic heterocycles. The molecule has 1 fully saturated rings. The number of nitrogens with one attached hydrogen (secondary N) is 1. The van der Waals surface area contributed by atoms with E-state index in [2.05, 4.69) is 39.5 Å². The summed E-state index contributed by atoms with van der Waals surface area (Å²) in [5, 5.41) is 5.38. The van der Waals surface area contributed by atoms with Gasteiger partial charge in [0.25, 0.3) is 0 Å². The molecule has 0 atom stereocenters. The van der Waals surface area contributed by atoms with Crippen LogP contribution < -0.4 is 10.2 Å². The number of hydrogen-bond acceptors (Lipinski definition) is 4. The molecule has 1 saturated heterocycles. The van der Waals surface area contributed by atoms with Crippen molar-refractivity contribution in [2.24, 2.45) is 0 Å². The number of anilines is 1. The van der Waals surface area contributed by atoms with E-state index in [-0.39, 0.29) is 5.91 Å². The lowest BCUT2D eigenvalue weighted by molar-refractivity contribution is -0.120. The van der Waals surface area contributed by atoms with Crippen molar-refractivity contribution in [3.63, 3.8) is 0 Å². The van der Waals surface area contributed by atoms with Gasteiger partial charge in [0, 0.05) is 31.4 Å². The van der Waals surface area contributed by atoms with Crippen molar-refractivity contribution in [2.45, 2.75) is 13.0 Å². The summed E-state index contributed by atoms with van der Waals surface area (Å²) in [5.74, 6) is 0.953. The molecule has 0 saturated carbocycles. The Hall–Kier alpha value is -2.92. The fourth-order valence-electron chi connectivity index (χ4n) is 3.42. The van der Waals surface area contributed by atoms with Gasteiger partial charge in [-0.05, 0) is 22.4 Å². The molecule has 27 heavy (non-hydrogen) atoms. The van der Waals surface area contributed by atoms with Gasteiger partial charge in [-0.25, -0.2) is 4.98 Å². The number of carbonyl (C=O) groups is 1. The molecule has 138 valence electrons. The lowest BCUT2D eigenvalue weighted by Gasteiger charge is -2.29. The standard InChI is InChI=1S/C22H23N3O2/c26-21(15-17-7-8-18-4-1-2-5-19(18)14-17)24-16-20-6-3-9-23-22(20)25-10-12-27-13-11-25/h1-9,14H,10-13,15-16H2,(H,24,26). The quantitative estimate of drug-likeness (QED) is 0.759. The number of rotatable bonds is 5. The molecule has 3 aromatic rings. The van der Waals surface area contributed by atoms with Gasteiger partial charge in [-0.2, -0.15) is 0 Å². The van der Waals surface area contributed by atoms with Crippen LogP contribution in [0.2, 0.25) is 0 Å². The number of fused-ring (bicyclic) bond motifs is 1. The van der Waals surface area contributed by atoms with E-state index >= 15 is 0 Å². The highest BCUT2D eigenvalue weighted by Gasteiger charge is 2.16. The van der Waals surface area contributed by atoms with Gasteiger partial charge < -0.3 is 15.0 Å². The first-order valence-corrected chi connectivity index (χ1v) is 9.30. The van der Waals surface area contributed by atoms with Crippen molar-refractivity contribution < 1.29 is 9.53 Å². The van der Waals surface area contributed by atoms with E-state index in [1.165, 1.54) is 5.39 Å². The molecule has 2 aromatic carbocycles. The number of ether oxygens (including phenoxy) is 1. The van der Waals surface area contributed by atoms with Gasteiger partial charge in [0.15, 0.2) is 0 Å². The van der Waals surface area contributed by atoms with Crippen LogP contribution in [0, 0.1) is 0 Å². The fourth-order valence-corrected chi connectivity index (χ4v) is 3.42. The second kappa shape index (κ2) is 8.18. The summed E-state index contributed by atoms with van der Waals surface area (Å²) in [7, 11) is 0. The average Bonchev–Trinajstić information content (AvgIpc) is 2.73. The Kier molecular flexibility index (Phi) is 5.30. The molecule has 1 aromatic heterocycles. The van der Waals surface area contributed by atoms with Crippen molar-refractivity contribution in [2.75, 3.05) is 31.2 Å². The van der Waals surface area contributed by atoms with E-state index in [0.29, 0.717) is 26.2 Å². The van der Waals surface area contributed by atoms with E-state index < -0.39 is 0 Å². The molecule has 5 heteroatoms. The van der Waals surface area contributed by atoms with E-state index in [1.54, 1.807) is 6.20 Å². The monoisotopic (exact) mass is 361 g/mol. The summed E-state index contributed by atoms with van der Waals surface area (Å²) in [6.07, 6.45) is 2.17. The number of pyridine rings is 1. The van der Waals surface area contributed by atoms with Gasteiger partial charge in [0.05, 0.1) is 19.6 Å². The molecule has 1 amide bonds. The first kappa shape index (κ1) is 17.5. The normalized spacial score (nSPS) is 14.3. The summed E-state index contributed by atoms with van der Waals surface area (Å²) in [6, 6.07) is 18.3.